The van der Waals surface area contributed by atoms with Crippen LogP contribution in [0.1, 0.15) is 37.1 Å². The van der Waals surface area contributed by atoms with Crippen molar-refractivity contribution in [2.75, 3.05) is 31.6 Å². The minimum atomic E-state index is 0.0510. The summed E-state index contributed by atoms with van der Waals surface area (Å²) in [5, 5.41) is 5.15. The second kappa shape index (κ2) is 9.00. The Bertz CT molecular complexity index is 1110. The predicted molar refractivity (Wildman–Crippen MR) is 123 cm³/mol. The van der Waals surface area contributed by atoms with Gasteiger partial charge < -0.3 is 14.5 Å². The van der Waals surface area contributed by atoms with Gasteiger partial charge in [-0.1, -0.05) is 0 Å². The highest BCUT2D eigenvalue weighted by molar-refractivity contribution is 5.95. The van der Waals surface area contributed by atoms with Crippen LogP contribution in [-0.4, -0.2) is 53.1 Å². The third-order valence-corrected chi connectivity index (χ3v) is 6.83. The fourth-order valence-corrected chi connectivity index (χ4v) is 5.02. The molecule has 1 saturated carbocycles. The lowest BCUT2D eigenvalue weighted by Gasteiger charge is -2.38. The van der Waals surface area contributed by atoms with Crippen LogP contribution in [0.3, 0.4) is 0 Å². The molecule has 1 aromatic carbocycles. The van der Waals surface area contributed by atoms with Crippen LogP contribution in [0, 0.1) is 19.8 Å². The van der Waals surface area contributed by atoms with Gasteiger partial charge in [-0.25, -0.2) is 9.97 Å². The van der Waals surface area contributed by atoms with Gasteiger partial charge in [-0.05, 0) is 61.8 Å². The molecular weight excluding hydrogens is 404 g/mol. The molecule has 7 heteroatoms. The van der Waals surface area contributed by atoms with Gasteiger partial charge in [0.25, 0.3) is 0 Å². The number of nitrogens with one attached hydrogen (secondary N) is 1. The van der Waals surface area contributed by atoms with Gasteiger partial charge in [0.1, 0.15) is 5.82 Å². The summed E-state index contributed by atoms with van der Waals surface area (Å²) in [5.74, 6) is 2.12. The van der Waals surface area contributed by atoms with Crippen molar-refractivity contribution in [1.29, 1.82) is 0 Å². The maximum atomic E-state index is 12.9. The van der Waals surface area contributed by atoms with E-state index in [9.17, 15) is 4.79 Å². The number of rotatable bonds is 4. The van der Waals surface area contributed by atoms with Crippen LogP contribution in [0.15, 0.2) is 35.0 Å². The first kappa shape index (κ1) is 21.1. The lowest BCUT2D eigenvalue weighted by Crippen LogP contribution is -2.45. The van der Waals surface area contributed by atoms with Crippen LogP contribution in [0.2, 0.25) is 0 Å². The summed E-state index contributed by atoms with van der Waals surface area (Å²) in [5.41, 5.74) is 2.08. The van der Waals surface area contributed by atoms with Crippen LogP contribution >= 0.6 is 0 Å². The number of anilines is 1. The van der Waals surface area contributed by atoms with E-state index < -0.39 is 0 Å². The largest absolute Gasteiger partial charge is 0.441 e. The number of nitrogens with zero attached hydrogens (tertiary/aromatic N) is 3. The molecular formula is C25H30N4O3. The highest BCUT2D eigenvalue weighted by Gasteiger charge is 2.30. The van der Waals surface area contributed by atoms with Crippen LogP contribution in [-0.2, 0) is 9.53 Å². The van der Waals surface area contributed by atoms with E-state index in [1.54, 1.807) is 6.20 Å². The van der Waals surface area contributed by atoms with Crippen molar-refractivity contribution >= 4 is 22.5 Å². The molecule has 7 nitrogen and oxygen atoms in total. The maximum absolute atomic E-state index is 12.9. The number of ether oxygens (including phenoxy) is 1. The second-order valence-electron chi connectivity index (χ2n) is 8.97. The molecule has 1 aliphatic heterocycles. The van der Waals surface area contributed by atoms with Gasteiger partial charge in [-0.3, -0.25) is 9.69 Å². The zero-order chi connectivity index (χ0) is 22.1. The molecule has 0 bridgehead atoms. The smallest absolute Gasteiger partial charge is 0.228 e. The fourth-order valence-electron chi connectivity index (χ4n) is 5.02. The van der Waals surface area contributed by atoms with E-state index in [4.69, 9.17) is 9.15 Å². The van der Waals surface area contributed by atoms with Crippen molar-refractivity contribution in [2.45, 2.75) is 45.6 Å². The van der Waals surface area contributed by atoms with Crippen LogP contribution in [0.5, 0.6) is 0 Å². The number of morpholine rings is 1. The van der Waals surface area contributed by atoms with E-state index >= 15 is 0 Å². The molecule has 0 radical (unpaired) electrons. The Hall–Kier alpha value is -2.77. The number of aromatic nitrogens is 2. The first-order chi connectivity index (χ1) is 15.6. The van der Waals surface area contributed by atoms with E-state index in [0.29, 0.717) is 17.8 Å². The molecule has 2 aromatic heterocycles. The molecule has 168 valence electrons. The number of benzene rings is 1. The molecule has 2 aliphatic rings. The number of amides is 1. The van der Waals surface area contributed by atoms with Crippen LogP contribution in [0.4, 0.5) is 5.82 Å². The number of hydrogen-bond acceptors (Lipinski definition) is 6. The topological polar surface area (TPSA) is 80.5 Å². The Morgan fingerprint density at radius 3 is 2.53 bits per heavy atom. The van der Waals surface area contributed by atoms with Gasteiger partial charge in [-0.15, -0.1) is 0 Å². The second-order valence-corrected chi connectivity index (χ2v) is 8.97. The standard InChI is InChI=1S/C25H30N4O3/c1-16-11-20(23-15-26-17(2)32-23)12-19-13-24(27-14-22(16)19)28-25(30)18-3-5-21(6-4-18)29-7-9-31-10-8-29/h11-15,18,21H,3-10H2,1-2H3,(H,27,28,30)/t18-,21-. The normalized spacial score (nSPS) is 22.2. The number of hydrogen-bond donors (Lipinski definition) is 1. The van der Waals surface area contributed by atoms with Gasteiger partial charge in [0, 0.05) is 49.1 Å². The summed E-state index contributed by atoms with van der Waals surface area (Å²) in [6.07, 6.45) is 7.58. The quantitative estimate of drug-likeness (QED) is 0.658. The van der Waals surface area contributed by atoms with Crippen LogP contribution < -0.4 is 5.32 Å². The SMILES string of the molecule is Cc1ncc(-c2cc(C)c3cnc(NC(=O)[C@H]4CC[C@H](N5CCOCC5)CC4)cc3c2)o1. The van der Waals surface area contributed by atoms with Gasteiger partial charge in [-0.2, -0.15) is 0 Å². The van der Waals surface area contributed by atoms with E-state index in [-0.39, 0.29) is 11.8 Å². The van der Waals surface area contributed by atoms with E-state index in [2.05, 4.69) is 39.2 Å². The Kier molecular flexibility index (Phi) is 5.93. The Morgan fingerprint density at radius 1 is 1.03 bits per heavy atom. The molecule has 32 heavy (non-hydrogen) atoms. The molecule has 1 N–H and O–H groups in total. The molecule has 1 amide bonds. The molecule has 5 rings (SSSR count). The lowest BCUT2D eigenvalue weighted by atomic mass is 9.84. The van der Waals surface area contributed by atoms with Crippen molar-refractivity contribution in [3.8, 4) is 11.3 Å². The summed E-state index contributed by atoms with van der Waals surface area (Å²) in [6, 6.07) is 6.68. The van der Waals surface area contributed by atoms with Gasteiger partial charge in [0.15, 0.2) is 11.7 Å². The minimum absolute atomic E-state index is 0.0510. The number of oxazole rings is 1. The molecule has 0 spiro atoms. The van der Waals surface area contributed by atoms with Gasteiger partial charge >= 0.3 is 0 Å². The third-order valence-electron chi connectivity index (χ3n) is 6.83. The van der Waals surface area contributed by atoms with E-state index in [0.717, 1.165) is 79.6 Å². The predicted octanol–water partition coefficient (Wildman–Crippen LogP) is 4.34. The average molecular weight is 435 g/mol. The fraction of sp³-hybridized carbons (Fsp3) is 0.480. The molecule has 1 aliphatic carbocycles. The molecule has 3 heterocycles. The Morgan fingerprint density at radius 2 is 1.81 bits per heavy atom. The van der Waals surface area contributed by atoms with E-state index in [1.165, 1.54) is 0 Å². The first-order valence-electron chi connectivity index (χ1n) is 11.5. The summed E-state index contributed by atoms with van der Waals surface area (Å²) < 4.78 is 11.2. The monoisotopic (exact) mass is 434 g/mol. The van der Waals surface area contributed by atoms with Gasteiger partial charge in [0.05, 0.1) is 19.4 Å². The average Bonchev–Trinajstić information content (AvgIpc) is 3.26. The third kappa shape index (κ3) is 4.40. The van der Waals surface area contributed by atoms with E-state index in [1.807, 2.05) is 19.2 Å². The van der Waals surface area contributed by atoms with Crippen molar-refractivity contribution in [1.82, 2.24) is 14.9 Å². The number of aryl methyl sites for hydroxylation is 2. The number of carbonyl (C=O) groups excluding carboxylic acids is 1. The Balaban J connectivity index is 1.27. The highest BCUT2D eigenvalue weighted by atomic mass is 16.5. The number of pyridine rings is 1. The summed E-state index contributed by atoms with van der Waals surface area (Å²) in [6.45, 7) is 7.57. The summed E-state index contributed by atoms with van der Waals surface area (Å²) >= 11 is 0. The molecule has 0 atom stereocenters. The van der Waals surface area contributed by atoms with Crippen molar-refractivity contribution in [3.63, 3.8) is 0 Å². The zero-order valence-electron chi connectivity index (χ0n) is 18.8. The minimum Gasteiger partial charge on any atom is -0.441 e. The maximum Gasteiger partial charge on any atom is 0.228 e. The lowest BCUT2D eigenvalue weighted by molar-refractivity contribution is -0.121. The van der Waals surface area contributed by atoms with Crippen molar-refractivity contribution in [2.24, 2.45) is 5.92 Å². The Labute approximate surface area is 188 Å². The van der Waals surface area contributed by atoms with Crippen molar-refractivity contribution < 1.29 is 13.9 Å². The summed E-state index contributed by atoms with van der Waals surface area (Å²) in [4.78, 5) is 24.2. The summed E-state index contributed by atoms with van der Waals surface area (Å²) in [7, 11) is 0. The molecule has 2 fully saturated rings. The molecule has 1 saturated heterocycles. The highest BCUT2D eigenvalue weighted by Crippen LogP contribution is 2.31. The molecule has 3 aromatic rings. The van der Waals surface area contributed by atoms with Crippen LogP contribution in [0.25, 0.3) is 22.1 Å². The zero-order valence-corrected chi connectivity index (χ0v) is 18.8. The first-order valence-corrected chi connectivity index (χ1v) is 11.5. The van der Waals surface area contributed by atoms with Crippen molar-refractivity contribution in [3.05, 3.63) is 42.0 Å². The number of fused-ring (bicyclic) bond motifs is 1. The number of carbonyl (C=O) groups is 1. The molecule has 0 unspecified atom stereocenters. The van der Waals surface area contributed by atoms with Gasteiger partial charge in [0.2, 0.25) is 5.91 Å².